The molecule has 96 valence electrons. The lowest BCUT2D eigenvalue weighted by atomic mass is 10.0. The molecule has 1 aliphatic carbocycles. The highest BCUT2D eigenvalue weighted by Crippen LogP contribution is 2.43. The zero-order valence-electron chi connectivity index (χ0n) is 10.8. The van der Waals surface area contributed by atoms with Crippen LogP contribution in [0.4, 0.5) is 0 Å². The van der Waals surface area contributed by atoms with Gasteiger partial charge in [-0.1, -0.05) is 0 Å². The molecule has 0 radical (unpaired) electrons. The molecule has 1 aromatic heterocycles. The molecule has 3 heterocycles. The van der Waals surface area contributed by atoms with E-state index < -0.39 is 0 Å². The molecule has 3 aliphatic rings. The van der Waals surface area contributed by atoms with Crippen LogP contribution in [-0.4, -0.2) is 16.6 Å². The van der Waals surface area contributed by atoms with Crippen molar-refractivity contribution < 1.29 is 4.74 Å². The molecule has 4 nitrogen and oxygen atoms in total. The predicted octanol–water partition coefficient (Wildman–Crippen LogP) is 1.98. The molecule has 1 saturated heterocycles. The van der Waals surface area contributed by atoms with Gasteiger partial charge in [0, 0.05) is 31.2 Å². The number of hydrogen-bond acceptors (Lipinski definition) is 4. The summed E-state index contributed by atoms with van der Waals surface area (Å²) < 4.78 is 5.90. The first kappa shape index (κ1) is 10.9. The zero-order valence-corrected chi connectivity index (χ0v) is 10.8. The fourth-order valence-electron chi connectivity index (χ4n) is 3.08. The van der Waals surface area contributed by atoms with Crippen LogP contribution in [0.3, 0.4) is 0 Å². The van der Waals surface area contributed by atoms with Crippen LogP contribution in [-0.2, 0) is 23.4 Å². The van der Waals surface area contributed by atoms with Crippen LogP contribution >= 0.6 is 0 Å². The molecule has 2 fully saturated rings. The number of ether oxygens (including phenoxy) is 1. The SMILES string of the molecule is CC1(c2nc3c(c(C4CC4)n2)CNC3)CCCO1. The Morgan fingerprint density at radius 3 is 2.89 bits per heavy atom. The summed E-state index contributed by atoms with van der Waals surface area (Å²) in [6, 6.07) is 0. The molecule has 0 aromatic carbocycles. The number of fused-ring (bicyclic) bond motifs is 1. The van der Waals surface area contributed by atoms with Crippen LogP contribution in [0.1, 0.15) is 61.3 Å². The Labute approximate surface area is 107 Å². The number of nitrogens with zero attached hydrogens (tertiary/aromatic N) is 2. The topological polar surface area (TPSA) is 47.0 Å². The average molecular weight is 245 g/mol. The molecule has 18 heavy (non-hydrogen) atoms. The lowest BCUT2D eigenvalue weighted by Gasteiger charge is -2.23. The van der Waals surface area contributed by atoms with Crippen LogP contribution in [0, 0.1) is 0 Å². The third kappa shape index (κ3) is 1.59. The minimum absolute atomic E-state index is 0.249. The fraction of sp³-hybridized carbons (Fsp3) is 0.714. The van der Waals surface area contributed by atoms with E-state index >= 15 is 0 Å². The van der Waals surface area contributed by atoms with Crippen molar-refractivity contribution in [3.05, 3.63) is 22.8 Å². The molecule has 0 amide bonds. The quantitative estimate of drug-likeness (QED) is 0.865. The second-order valence-corrected chi connectivity index (χ2v) is 5.92. The first-order chi connectivity index (χ1) is 8.76. The molecule has 4 heteroatoms. The van der Waals surface area contributed by atoms with Crippen molar-refractivity contribution in [2.75, 3.05) is 6.61 Å². The Bertz CT molecular complexity index is 490. The highest BCUT2D eigenvalue weighted by molar-refractivity contribution is 5.34. The molecule has 1 atom stereocenters. The van der Waals surface area contributed by atoms with Crippen molar-refractivity contribution in [2.45, 2.75) is 57.2 Å². The minimum Gasteiger partial charge on any atom is -0.367 e. The number of aromatic nitrogens is 2. The van der Waals surface area contributed by atoms with Crippen molar-refractivity contribution >= 4 is 0 Å². The Hall–Kier alpha value is -1.00. The maximum Gasteiger partial charge on any atom is 0.160 e. The molecular formula is C14H19N3O. The van der Waals surface area contributed by atoms with Gasteiger partial charge in [0.1, 0.15) is 5.60 Å². The van der Waals surface area contributed by atoms with E-state index in [2.05, 4.69) is 12.2 Å². The molecule has 4 rings (SSSR count). The van der Waals surface area contributed by atoms with E-state index in [9.17, 15) is 0 Å². The molecule has 1 saturated carbocycles. The highest BCUT2D eigenvalue weighted by atomic mass is 16.5. The second-order valence-electron chi connectivity index (χ2n) is 5.92. The summed E-state index contributed by atoms with van der Waals surface area (Å²) in [5, 5.41) is 3.40. The van der Waals surface area contributed by atoms with Gasteiger partial charge in [0.15, 0.2) is 5.82 Å². The second kappa shape index (κ2) is 3.75. The number of rotatable bonds is 2. The van der Waals surface area contributed by atoms with Crippen LogP contribution in [0.5, 0.6) is 0 Å². The summed E-state index contributed by atoms with van der Waals surface area (Å²) >= 11 is 0. The van der Waals surface area contributed by atoms with Crippen molar-refractivity contribution in [1.82, 2.24) is 15.3 Å². The summed E-state index contributed by atoms with van der Waals surface area (Å²) in [6.45, 7) is 4.81. The lowest BCUT2D eigenvalue weighted by Crippen LogP contribution is -2.25. The third-order valence-electron chi connectivity index (χ3n) is 4.37. The summed E-state index contributed by atoms with van der Waals surface area (Å²) in [4.78, 5) is 9.66. The summed E-state index contributed by atoms with van der Waals surface area (Å²) in [5.74, 6) is 1.61. The third-order valence-corrected chi connectivity index (χ3v) is 4.37. The van der Waals surface area contributed by atoms with E-state index in [0.29, 0.717) is 5.92 Å². The number of hydrogen-bond donors (Lipinski definition) is 1. The van der Waals surface area contributed by atoms with Gasteiger partial charge in [-0.25, -0.2) is 9.97 Å². The van der Waals surface area contributed by atoms with E-state index in [1.54, 1.807) is 0 Å². The van der Waals surface area contributed by atoms with Gasteiger partial charge < -0.3 is 10.1 Å². The molecule has 1 aromatic rings. The van der Waals surface area contributed by atoms with Gasteiger partial charge in [-0.3, -0.25) is 0 Å². The Morgan fingerprint density at radius 2 is 2.17 bits per heavy atom. The lowest BCUT2D eigenvalue weighted by molar-refractivity contribution is 0.00897. The van der Waals surface area contributed by atoms with Crippen LogP contribution in [0.2, 0.25) is 0 Å². The van der Waals surface area contributed by atoms with Crippen molar-refractivity contribution in [1.29, 1.82) is 0 Å². The van der Waals surface area contributed by atoms with E-state index in [1.165, 1.54) is 29.8 Å². The normalized spacial score (nSPS) is 30.7. The number of nitrogens with one attached hydrogen (secondary N) is 1. The van der Waals surface area contributed by atoms with Crippen molar-refractivity contribution in [3.63, 3.8) is 0 Å². The average Bonchev–Trinajstić information content (AvgIpc) is 2.93. The van der Waals surface area contributed by atoms with Crippen LogP contribution in [0.25, 0.3) is 0 Å². The van der Waals surface area contributed by atoms with E-state index in [0.717, 1.165) is 38.4 Å². The van der Waals surface area contributed by atoms with E-state index in [1.807, 2.05) is 0 Å². The largest absolute Gasteiger partial charge is 0.367 e. The van der Waals surface area contributed by atoms with Gasteiger partial charge in [-0.2, -0.15) is 0 Å². The van der Waals surface area contributed by atoms with Crippen molar-refractivity contribution in [2.24, 2.45) is 0 Å². The Balaban J connectivity index is 1.82. The predicted molar refractivity (Wildman–Crippen MR) is 67.1 cm³/mol. The summed E-state index contributed by atoms with van der Waals surface area (Å²) in [7, 11) is 0. The van der Waals surface area contributed by atoms with Gasteiger partial charge in [0.25, 0.3) is 0 Å². The fourth-order valence-corrected chi connectivity index (χ4v) is 3.08. The van der Waals surface area contributed by atoms with Crippen molar-refractivity contribution in [3.8, 4) is 0 Å². The maximum absolute atomic E-state index is 5.90. The van der Waals surface area contributed by atoms with Gasteiger partial charge in [0.2, 0.25) is 0 Å². The standard InChI is InChI=1S/C14H19N3O/c1-14(5-2-6-18-14)13-16-11-8-15-7-10(11)12(17-13)9-3-4-9/h9,15H,2-8H2,1H3. The zero-order chi connectivity index (χ0) is 12.2. The highest BCUT2D eigenvalue weighted by Gasteiger charge is 2.38. The van der Waals surface area contributed by atoms with Gasteiger partial charge in [-0.15, -0.1) is 0 Å². The Morgan fingerprint density at radius 1 is 1.28 bits per heavy atom. The Kier molecular flexibility index (Phi) is 2.26. The first-order valence-electron chi connectivity index (χ1n) is 7.01. The molecular weight excluding hydrogens is 226 g/mol. The smallest absolute Gasteiger partial charge is 0.160 e. The molecule has 0 spiro atoms. The molecule has 2 aliphatic heterocycles. The monoisotopic (exact) mass is 245 g/mol. The summed E-state index contributed by atoms with van der Waals surface area (Å²) in [5.41, 5.74) is 3.62. The molecule has 1 N–H and O–H groups in total. The van der Waals surface area contributed by atoms with Crippen LogP contribution in [0.15, 0.2) is 0 Å². The maximum atomic E-state index is 5.90. The minimum atomic E-state index is -0.249. The molecule has 0 bridgehead atoms. The molecule has 1 unspecified atom stereocenters. The van der Waals surface area contributed by atoms with Gasteiger partial charge >= 0.3 is 0 Å². The summed E-state index contributed by atoms with van der Waals surface area (Å²) in [6.07, 6.45) is 4.75. The van der Waals surface area contributed by atoms with Gasteiger partial charge in [-0.05, 0) is 32.6 Å². The van der Waals surface area contributed by atoms with E-state index in [4.69, 9.17) is 14.7 Å². The van der Waals surface area contributed by atoms with E-state index in [-0.39, 0.29) is 5.60 Å². The first-order valence-corrected chi connectivity index (χ1v) is 7.01. The van der Waals surface area contributed by atoms with Crippen LogP contribution < -0.4 is 5.32 Å². The van der Waals surface area contributed by atoms with Gasteiger partial charge in [0.05, 0.1) is 11.4 Å².